The Hall–Kier alpha value is -5.12. The molecular weight excluding hydrogens is 692 g/mol. The van der Waals surface area contributed by atoms with Gasteiger partial charge in [-0.25, -0.2) is 0 Å². The fourth-order valence-corrected chi connectivity index (χ4v) is 12.7. The monoisotopic (exact) mass is 724 g/mol. The summed E-state index contributed by atoms with van der Waals surface area (Å²) in [5.41, 5.74) is 18.5. The number of aromatic nitrogens is 2. The summed E-state index contributed by atoms with van der Waals surface area (Å²) in [6.07, 6.45) is 0. The molecule has 238 valence electrons. The average molecular weight is 724 g/mol. The van der Waals surface area contributed by atoms with Crippen molar-refractivity contribution in [1.82, 2.24) is 8.80 Å². The second-order valence-electron chi connectivity index (χ2n) is 13.9. The van der Waals surface area contributed by atoms with Crippen molar-refractivity contribution in [1.29, 1.82) is 0 Å². The summed E-state index contributed by atoms with van der Waals surface area (Å²) < 4.78 is 10.8. The van der Waals surface area contributed by atoms with Crippen molar-refractivity contribution in [3.63, 3.8) is 0 Å². The molecule has 7 aromatic carbocycles. The van der Waals surface area contributed by atoms with E-state index in [0.717, 1.165) is 0 Å². The number of para-hydroxylation sites is 2. The van der Waals surface area contributed by atoms with Crippen molar-refractivity contribution in [2.45, 2.75) is 27.7 Å². The van der Waals surface area contributed by atoms with Crippen LogP contribution in [0.3, 0.4) is 0 Å². The van der Waals surface area contributed by atoms with E-state index in [1.54, 1.807) is 0 Å². The SMILES string of the molecule is Cc1cccc(C)c1-c1ccc2c(c1)c1c3[se]c4ccccc4n4c5ccc(-c6c(C)cccc6C)cc5c(c5sc6ccccc6n2c51)c34. The molecule has 4 aromatic heterocycles. The molecule has 0 aliphatic rings. The minimum atomic E-state index is 0.127. The van der Waals surface area contributed by atoms with Crippen molar-refractivity contribution < 1.29 is 0 Å². The predicted molar refractivity (Wildman–Crippen MR) is 218 cm³/mol. The third-order valence-corrected chi connectivity index (χ3v) is 14.6. The Morgan fingerprint density at radius 2 is 1.02 bits per heavy atom. The zero-order valence-electron chi connectivity index (χ0n) is 28.3. The Bertz CT molecular complexity index is 2990. The molecule has 0 spiro atoms. The Balaban J connectivity index is 1.43. The molecule has 0 fully saturated rings. The van der Waals surface area contributed by atoms with Crippen molar-refractivity contribution in [3.05, 3.63) is 144 Å². The van der Waals surface area contributed by atoms with E-state index in [1.807, 2.05) is 11.3 Å². The van der Waals surface area contributed by atoms with Crippen LogP contribution in [0.15, 0.2) is 121 Å². The Kier molecular flexibility index (Phi) is 5.86. The van der Waals surface area contributed by atoms with Gasteiger partial charge in [-0.15, -0.1) is 0 Å². The van der Waals surface area contributed by atoms with Gasteiger partial charge in [-0.2, -0.15) is 0 Å². The van der Waals surface area contributed by atoms with Gasteiger partial charge in [0.25, 0.3) is 0 Å². The van der Waals surface area contributed by atoms with Crippen molar-refractivity contribution >= 4 is 98.4 Å². The van der Waals surface area contributed by atoms with E-state index in [-0.39, 0.29) is 14.5 Å². The molecule has 50 heavy (non-hydrogen) atoms. The van der Waals surface area contributed by atoms with E-state index in [2.05, 4.69) is 158 Å². The van der Waals surface area contributed by atoms with Crippen LogP contribution in [0.2, 0.25) is 0 Å². The van der Waals surface area contributed by atoms with Gasteiger partial charge >= 0.3 is 301 Å². The van der Waals surface area contributed by atoms with Gasteiger partial charge in [0.05, 0.1) is 0 Å². The first kappa shape index (κ1) is 28.7. The molecule has 2 nitrogen and oxygen atoms in total. The molecule has 0 N–H and O–H groups in total. The number of benzene rings is 7. The summed E-state index contributed by atoms with van der Waals surface area (Å²) >= 11 is 2.09. The summed E-state index contributed by atoms with van der Waals surface area (Å²) in [6, 6.07) is 45.9. The maximum absolute atomic E-state index is 2.60. The van der Waals surface area contributed by atoms with Crippen molar-refractivity contribution in [2.24, 2.45) is 0 Å². The number of hydrogen-bond acceptors (Lipinski definition) is 1. The molecule has 0 unspecified atom stereocenters. The number of fused-ring (bicyclic) bond motifs is 12. The van der Waals surface area contributed by atoms with E-state index < -0.39 is 0 Å². The molecule has 4 heteroatoms. The van der Waals surface area contributed by atoms with E-state index >= 15 is 0 Å². The summed E-state index contributed by atoms with van der Waals surface area (Å²) in [5, 5.41) is 5.51. The zero-order valence-corrected chi connectivity index (χ0v) is 30.8. The van der Waals surface area contributed by atoms with Gasteiger partial charge < -0.3 is 0 Å². The van der Waals surface area contributed by atoms with Gasteiger partial charge in [0.2, 0.25) is 0 Å². The van der Waals surface area contributed by atoms with Crippen LogP contribution in [0.25, 0.3) is 94.8 Å². The fraction of sp³-hybridized carbons (Fsp3) is 0.0870. The van der Waals surface area contributed by atoms with Crippen LogP contribution < -0.4 is 0 Å². The molecule has 0 aliphatic heterocycles. The summed E-state index contributed by atoms with van der Waals surface area (Å²) in [5.74, 6) is 0. The first-order valence-electron chi connectivity index (χ1n) is 17.3. The van der Waals surface area contributed by atoms with Crippen LogP contribution in [-0.4, -0.2) is 23.3 Å². The fourth-order valence-electron chi connectivity index (χ4n) is 8.93. The van der Waals surface area contributed by atoms with E-state index in [4.69, 9.17) is 0 Å². The zero-order chi connectivity index (χ0) is 33.4. The second-order valence-corrected chi connectivity index (χ2v) is 17.2. The normalized spacial score (nSPS) is 12.4. The molecule has 11 rings (SSSR count). The quantitative estimate of drug-likeness (QED) is 0.124. The molecule has 0 aliphatic carbocycles. The van der Waals surface area contributed by atoms with Gasteiger partial charge in [-0.1, -0.05) is 0 Å². The van der Waals surface area contributed by atoms with Crippen LogP contribution >= 0.6 is 11.3 Å². The van der Waals surface area contributed by atoms with Gasteiger partial charge in [-0.05, 0) is 0 Å². The third kappa shape index (κ3) is 3.68. The van der Waals surface area contributed by atoms with Crippen molar-refractivity contribution in [3.8, 4) is 22.3 Å². The van der Waals surface area contributed by atoms with E-state index in [0.29, 0.717) is 0 Å². The van der Waals surface area contributed by atoms with Gasteiger partial charge in [0, 0.05) is 0 Å². The molecule has 0 radical (unpaired) electrons. The first-order valence-corrected chi connectivity index (χ1v) is 19.8. The van der Waals surface area contributed by atoms with Crippen LogP contribution in [0.5, 0.6) is 0 Å². The molecule has 0 atom stereocenters. The average Bonchev–Trinajstić information content (AvgIpc) is 3.65. The van der Waals surface area contributed by atoms with E-state index in [1.165, 1.54) is 117 Å². The Morgan fingerprint density at radius 3 is 1.66 bits per heavy atom. The standard InChI is InChI=1S/C46H32N2SSe/c1-25-11-9-12-26(2)39(25)29-19-21-33-31(23-29)41-44-46(50-38-18-8-6-16-36(38)48(33)44)42-32-24-30(40-27(3)13-10-14-28(40)4)20-22-34(32)47-35-15-5-7-17-37(35)49-45(41)43(42)47/h5-24H,1-4H3. The van der Waals surface area contributed by atoms with Crippen molar-refractivity contribution in [2.75, 3.05) is 0 Å². The van der Waals surface area contributed by atoms with Gasteiger partial charge in [-0.3, -0.25) is 0 Å². The summed E-state index contributed by atoms with van der Waals surface area (Å²) in [6.45, 7) is 8.97. The Labute approximate surface area is 299 Å². The summed E-state index contributed by atoms with van der Waals surface area (Å²) in [7, 11) is 0. The van der Waals surface area contributed by atoms with Gasteiger partial charge in [0.1, 0.15) is 0 Å². The number of rotatable bonds is 2. The molecule has 4 heterocycles. The summed E-state index contributed by atoms with van der Waals surface area (Å²) in [4.78, 5) is 0. The Morgan fingerprint density at radius 1 is 0.480 bits per heavy atom. The first-order chi connectivity index (χ1) is 24.5. The number of hydrogen-bond donors (Lipinski definition) is 0. The molecule has 0 bridgehead atoms. The molecule has 0 amide bonds. The van der Waals surface area contributed by atoms with Crippen LogP contribution in [0.4, 0.5) is 0 Å². The molecule has 11 aromatic rings. The number of nitrogens with zero attached hydrogens (tertiary/aromatic N) is 2. The maximum atomic E-state index is 2.60. The van der Waals surface area contributed by atoms with Crippen LogP contribution in [0, 0.1) is 27.7 Å². The van der Waals surface area contributed by atoms with Gasteiger partial charge in [0.15, 0.2) is 0 Å². The molecule has 0 saturated heterocycles. The van der Waals surface area contributed by atoms with E-state index in [9.17, 15) is 0 Å². The molecular formula is C46H32N2SSe. The predicted octanol–water partition coefficient (Wildman–Crippen LogP) is 12.8. The van der Waals surface area contributed by atoms with Crippen LogP contribution in [-0.2, 0) is 0 Å². The second kappa shape index (κ2) is 10.2. The topological polar surface area (TPSA) is 8.82 Å². The third-order valence-electron chi connectivity index (χ3n) is 11.0. The molecule has 0 saturated carbocycles. The van der Waals surface area contributed by atoms with Crippen LogP contribution in [0.1, 0.15) is 22.3 Å². The minimum absolute atomic E-state index is 0.127. The number of aryl methyl sites for hydroxylation is 4.